The van der Waals surface area contributed by atoms with E-state index in [1.165, 1.54) is 0 Å². The van der Waals surface area contributed by atoms with Crippen molar-refractivity contribution in [3.63, 3.8) is 0 Å². The van der Waals surface area contributed by atoms with Crippen molar-refractivity contribution in [2.45, 2.75) is 17.2 Å². The molecule has 1 aromatic heterocycles. The van der Waals surface area contributed by atoms with Crippen molar-refractivity contribution < 1.29 is 13.2 Å². The van der Waals surface area contributed by atoms with E-state index in [1.54, 1.807) is 6.92 Å². The van der Waals surface area contributed by atoms with Crippen molar-refractivity contribution in [1.82, 2.24) is 14.6 Å². The highest BCUT2D eigenvalue weighted by Gasteiger charge is 2.24. The maximum Gasteiger partial charge on any atom is 0.252 e. The number of hydrogen-bond donors (Lipinski definition) is 1. The van der Waals surface area contributed by atoms with Gasteiger partial charge in [-0.2, -0.15) is 0 Å². The van der Waals surface area contributed by atoms with Gasteiger partial charge < -0.3 is 9.64 Å². The number of halogens is 1. The van der Waals surface area contributed by atoms with Gasteiger partial charge in [0.15, 0.2) is 8.68 Å². The van der Waals surface area contributed by atoms with Gasteiger partial charge in [-0.25, -0.2) is 18.1 Å². The van der Waals surface area contributed by atoms with Gasteiger partial charge in [0.25, 0.3) is 10.0 Å². The summed E-state index contributed by atoms with van der Waals surface area (Å²) < 4.78 is 32.7. The summed E-state index contributed by atoms with van der Waals surface area (Å²) in [6.07, 6.45) is -0.128. The summed E-state index contributed by atoms with van der Waals surface area (Å²) in [4.78, 5) is 6.02. The van der Waals surface area contributed by atoms with Crippen LogP contribution in [0.3, 0.4) is 0 Å². The van der Waals surface area contributed by atoms with Crippen LogP contribution in [0.5, 0.6) is 0 Å². The van der Waals surface area contributed by atoms with Crippen LogP contribution in [0.15, 0.2) is 4.21 Å². The lowest BCUT2D eigenvalue weighted by atomic mass is 10.3. The molecule has 2 heterocycles. The van der Waals surface area contributed by atoms with E-state index in [0.29, 0.717) is 18.8 Å². The molecule has 0 bridgehead atoms. The van der Waals surface area contributed by atoms with Crippen molar-refractivity contribution in [2.75, 3.05) is 33.3 Å². The molecule has 0 spiro atoms. The smallest absolute Gasteiger partial charge is 0.252 e. The number of morpholine rings is 1. The minimum Gasteiger partial charge on any atom is -0.374 e. The van der Waals surface area contributed by atoms with Gasteiger partial charge >= 0.3 is 0 Å². The van der Waals surface area contributed by atoms with E-state index in [4.69, 9.17) is 16.3 Å². The monoisotopic (exact) mass is 325 g/mol. The van der Waals surface area contributed by atoms with Gasteiger partial charge in [0.2, 0.25) is 0 Å². The first-order chi connectivity index (χ1) is 8.88. The molecule has 1 fully saturated rings. The number of sulfonamides is 1. The number of likely N-dealkylation sites (N-methyl/N-ethyl adjacent to an activating group) is 1. The molecule has 0 aliphatic carbocycles. The fourth-order valence-corrected chi connectivity index (χ4v) is 4.71. The summed E-state index contributed by atoms with van der Waals surface area (Å²) in [5.41, 5.74) is 0.421. The Hall–Kier alpha value is -0.250. The molecule has 0 amide bonds. The molecule has 1 aliphatic heterocycles. The van der Waals surface area contributed by atoms with Crippen molar-refractivity contribution >= 4 is 33.0 Å². The number of nitrogens with one attached hydrogen (secondary N) is 1. The van der Waals surface area contributed by atoms with Crippen LogP contribution in [0.1, 0.15) is 5.69 Å². The normalized spacial score (nSPS) is 21.7. The first kappa shape index (κ1) is 15.1. The highest BCUT2D eigenvalue weighted by molar-refractivity contribution is 7.91. The molecule has 1 N–H and O–H groups in total. The van der Waals surface area contributed by atoms with E-state index >= 15 is 0 Å². The zero-order chi connectivity index (χ0) is 14.0. The second-order valence-electron chi connectivity index (χ2n) is 4.45. The molecule has 108 valence electrons. The fraction of sp³-hybridized carbons (Fsp3) is 0.700. The van der Waals surface area contributed by atoms with Crippen molar-refractivity contribution in [3.8, 4) is 0 Å². The molecule has 1 unspecified atom stereocenters. The van der Waals surface area contributed by atoms with E-state index in [-0.39, 0.29) is 21.3 Å². The van der Waals surface area contributed by atoms with Crippen LogP contribution in [0.2, 0.25) is 4.47 Å². The van der Waals surface area contributed by atoms with Gasteiger partial charge in [0.1, 0.15) is 0 Å². The van der Waals surface area contributed by atoms with Crippen molar-refractivity contribution in [3.05, 3.63) is 10.2 Å². The Morgan fingerprint density at radius 3 is 2.95 bits per heavy atom. The molecule has 1 aromatic rings. The molecule has 1 saturated heterocycles. The van der Waals surface area contributed by atoms with Crippen LogP contribution >= 0.6 is 22.9 Å². The van der Waals surface area contributed by atoms with Crippen LogP contribution in [0.25, 0.3) is 0 Å². The molecule has 0 aromatic carbocycles. The Balaban J connectivity index is 2.00. The third-order valence-corrected chi connectivity index (χ3v) is 6.11. The van der Waals surface area contributed by atoms with Crippen LogP contribution in [0, 0.1) is 6.92 Å². The van der Waals surface area contributed by atoms with Crippen LogP contribution in [-0.4, -0.2) is 57.7 Å². The largest absolute Gasteiger partial charge is 0.374 e. The van der Waals surface area contributed by atoms with Gasteiger partial charge in [-0.15, -0.1) is 0 Å². The predicted octanol–water partition coefficient (Wildman–Crippen LogP) is 0.714. The van der Waals surface area contributed by atoms with E-state index in [0.717, 1.165) is 17.9 Å². The standard InChI is InChI=1S/C10H16ClN3O3S2/c1-7-9(18-10(11)13-7)19(15,16)12-5-8-6-14(2)3-4-17-8/h8,12H,3-6H2,1-2H3. The first-order valence-corrected chi connectivity index (χ1v) is 8.49. The van der Waals surface area contributed by atoms with Crippen LogP contribution < -0.4 is 4.72 Å². The number of nitrogens with zero attached hydrogens (tertiary/aromatic N) is 2. The number of aryl methyl sites for hydroxylation is 1. The highest BCUT2D eigenvalue weighted by atomic mass is 35.5. The van der Waals surface area contributed by atoms with Crippen molar-refractivity contribution in [2.24, 2.45) is 0 Å². The number of thiazole rings is 1. The van der Waals surface area contributed by atoms with Gasteiger partial charge in [-0.05, 0) is 14.0 Å². The number of rotatable bonds is 4. The molecule has 0 saturated carbocycles. The summed E-state index contributed by atoms with van der Waals surface area (Å²) in [6, 6.07) is 0. The molecule has 19 heavy (non-hydrogen) atoms. The Kier molecular flexibility index (Phi) is 4.80. The SMILES string of the molecule is Cc1nc(Cl)sc1S(=O)(=O)NCC1CN(C)CCO1. The third-order valence-electron chi connectivity index (χ3n) is 2.81. The molecule has 0 radical (unpaired) electrons. The van der Waals surface area contributed by atoms with Gasteiger partial charge in [-0.3, -0.25) is 0 Å². The summed E-state index contributed by atoms with van der Waals surface area (Å²) in [6.45, 7) is 4.08. The van der Waals surface area contributed by atoms with Crippen LogP contribution in [0.4, 0.5) is 0 Å². The average Bonchev–Trinajstić information content (AvgIpc) is 2.67. The maximum atomic E-state index is 12.1. The first-order valence-electron chi connectivity index (χ1n) is 5.81. The number of ether oxygens (including phenoxy) is 1. The Labute approximate surface area is 121 Å². The lowest BCUT2D eigenvalue weighted by Gasteiger charge is -2.29. The van der Waals surface area contributed by atoms with Gasteiger partial charge in [0.05, 0.1) is 18.4 Å². The van der Waals surface area contributed by atoms with E-state index in [9.17, 15) is 8.42 Å². The second kappa shape index (κ2) is 6.02. The fourth-order valence-electron chi connectivity index (χ4n) is 1.86. The summed E-state index contributed by atoms with van der Waals surface area (Å²) >= 11 is 6.68. The zero-order valence-corrected chi connectivity index (χ0v) is 13.1. The third kappa shape index (κ3) is 3.87. The summed E-state index contributed by atoms with van der Waals surface area (Å²) in [7, 11) is -1.58. The predicted molar refractivity (Wildman–Crippen MR) is 74.3 cm³/mol. The Bertz CT molecular complexity index is 546. The Morgan fingerprint density at radius 2 is 2.37 bits per heavy atom. The number of aromatic nitrogens is 1. The minimum atomic E-state index is -3.56. The average molecular weight is 326 g/mol. The lowest BCUT2D eigenvalue weighted by Crippen LogP contribution is -2.45. The van der Waals surface area contributed by atoms with Crippen LogP contribution in [-0.2, 0) is 14.8 Å². The molecule has 6 nitrogen and oxygen atoms in total. The lowest BCUT2D eigenvalue weighted by molar-refractivity contribution is -0.0156. The maximum absolute atomic E-state index is 12.1. The summed E-state index contributed by atoms with van der Waals surface area (Å²) in [5.74, 6) is 0. The molecular weight excluding hydrogens is 310 g/mol. The molecule has 9 heteroatoms. The van der Waals surface area contributed by atoms with E-state index < -0.39 is 10.0 Å². The molecular formula is C10H16ClN3O3S2. The quantitative estimate of drug-likeness (QED) is 0.883. The Morgan fingerprint density at radius 1 is 1.63 bits per heavy atom. The molecule has 2 rings (SSSR count). The summed E-state index contributed by atoms with van der Waals surface area (Å²) in [5, 5.41) is 0. The molecule has 1 aliphatic rings. The zero-order valence-electron chi connectivity index (χ0n) is 10.7. The highest BCUT2D eigenvalue weighted by Crippen LogP contribution is 2.26. The van der Waals surface area contributed by atoms with Gasteiger partial charge in [-0.1, -0.05) is 22.9 Å². The second-order valence-corrected chi connectivity index (χ2v) is 7.99. The topological polar surface area (TPSA) is 71.5 Å². The minimum absolute atomic E-state index is 0.128. The van der Waals surface area contributed by atoms with E-state index in [2.05, 4.69) is 14.6 Å². The molecule has 1 atom stereocenters. The van der Waals surface area contributed by atoms with E-state index in [1.807, 2.05) is 7.05 Å². The number of hydrogen-bond acceptors (Lipinski definition) is 6. The van der Waals surface area contributed by atoms with Gasteiger partial charge in [0, 0.05) is 19.6 Å². The van der Waals surface area contributed by atoms with Crippen molar-refractivity contribution in [1.29, 1.82) is 0 Å².